The van der Waals surface area contributed by atoms with E-state index in [0.29, 0.717) is 12.1 Å². The average Bonchev–Trinajstić information content (AvgIpc) is 2.45. The summed E-state index contributed by atoms with van der Waals surface area (Å²) in [4.78, 5) is 0. The number of hydrogen-bond donors (Lipinski definition) is 1. The summed E-state index contributed by atoms with van der Waals surface area (Å²) in [5, 5.41) is 3.61. The molecule has 0 saturated carbocycles. The van der Waals surface area contributed by atoms with E-state index in [0.717, 1.165) is 31.6 Å². The van der Waals surface area contributed by atoms with Gasteiger partial charge in [0, 0.05) is 19.2 Å². The smallest absolute Gasteiger partial charge is 0.118 e. The zero-order valence-electron chi connectivity index (χ0n) is 12.6. The van der Waals surface area contributed by atoms with Crippen molar-refractivity contribution in [2.75, 3.05) is 20.8 Å². The lowest BCUT2D eigenvalue weighted by Crippen LogP contribution is -2.39. The van der Waals surface area contributed by atoms with Crippen molar-refractivity contribution in [2.45, 2.75) is 45.2 Å². The van der Waals surface area contributed by atoms with Crippen LogP contribution in [-0.4, -0.2) is 32.9 Å². The molecule has 0 amide bonds. The fraction of sp³-hybridized carbons (Fsp3) is 0.625. The van der Waals surface area contributed by atoms with E-state index in [1.807, 2.05) is 12.1 Å². The van der Waals surface area contributed by atoms with Gasteiger partial charge in [0.1, 0.15) is 5.75 Å². The molecular formula is C16H27NO2. The Morgan fingerprint density at radius 2 is 1.84 bits per heavy atom. The Labute approximate surface area is 117 Å². The van der Waals surface area contributed by atoms with Crippen LogP contribution in [0.5, 0.6) is 5.75 Å². The van der Waals surface area contributed by atoms with Gasteiger partial charge < -0.3 is 14.8 Å². The van der Waals surface area contributed by atoms with E-state index in [9.17, 15) is 0 Å². The Balaban J connectivity index is 2.33. The molecule has 1 aromatic rings. The quantitative estimate of drug-likeness (QED) is 0.744. The van der Waals surface area contributed by atoms with Crippen molar-refractivity contribution in [2.24, 2.45) is 0 Å². The van der Waals surface area contributed by atoms with Gasteiger partial charge in [0.15, 0.2) is 0 Å². The molecule has 0 aliphatic carbocycles. The first kappa shape index (κ1) is 16.0. The van der Waals surface area contributed by atoms with E-state index in [2.05, 4.69) is 31.3 Å². The SMILES string of the molecule is CCC(COC)NC(C)CCc1ccc(OC)cc1. The molecule has 3 heteroatoms. The second-order valence-electron chi connectivity index (χ2n) is 5.01. The first-order valence-electron chi connectivity index (χ1n) is 7.07. The molecule has 108 valence electrons. The van der Waals surface area contributed by atoms with Crippen LogP contribution in [0.4, 0.5) is 0 Å². The number of methoxy groups -OCH3 is 2. The lowest BCUT2D eigenvalue weighted by Gasteiger charge is -2.21. The Bertz CT molecular complexity index is 337. The normalized spacial score (nSPS) is 14.1. The Morgan fingerprint density at radius 1 is 1.16 bits per heavy atom. The third-order valence-corrected chi connectivity index (χ3v) is 3.41. The van der Waals surface area contributed by atoms with Gasteiger partial charge in [-0.3, -0.25) is 0 Å². The van der Waals surface area contributed by atoms with Gasteiger partial charge >= 0.3 is 0 Å². The molecule has 0 aliphatic heterocycles. The molecule has 0 heterocycles. The zero-order valence-corrected chi connectivity index (χ0v) is 12.6. The summed E-state index contributed by atoms with van der Waals surface area (Å²) >= 11 is 0. The fourth-order valence-corrected chi connectivity index (χ4v) is 2.15. The van der Waals surface area contributed by atoms with Gasteiger partial charge in [0.2, 0.25) is 0 Å². The van der Waals surface area contributed by atoms with E-state index in [-0.39, 0.29) is 0 Å². The second kappa shape index (κ2) is 8.94. The fourth-order valence-electron chi connectivity index (χ4n) is 2.15. The highest BCUT2D eigenvalue weighted by Gasteiger charge is 2.09. The number of hydrogen-bond acceptors (Lipinski definition) is 3. The topological polar surface area (TPSA) is 30.5 Å². The maximum absolute atomic E-state index is 5.21. The Hall–Kier alpha value is -1.06. The number of nitrogens with one attached hydrogen (secondary N) is 1. The first-order chi connectivity index (χ1) is 9.19. The molecule has 0 aliphatic rings. The van der Waals surface area contributed by atoms with E-state index in [1.54, 1.807) is 14.2 Å². The Kier molecular flexibility index (Phi) is 7.53. The highest BCUT2D eigenvalue weighted by molar-refractivity contribution is 5.27. The van der Waals surface area contributed by atoms with Crippen molar-refractivity contribution in [3.05, 3.63) is 29.8 Å². The van der Waals surface area contributed by atoms with Crippen LogP contribution < -0.4 is 10.1 Å². The van der Waals surface area contributed by atoms with Crippen LogP contribution in [0.3, 0.4) is 0 Å². The van der Waals surface area contributed by atoms with Gasteiger partial charge in [0.05, 0.1) is 13.7 Å². The minimum atomic E-state index is 0.455. The summed E-state index contributed by atoms with van der Waals surface area (Å²) in [7, 11) is 3.45. The molecule has 1 rings (SSSR count). The molecule has 19 heavy (non-hydrogen) atoms. The predicted molar refractivity (Wildman–Crippen MR) is 79.9 cm³/mol. The summed E-state index contributed by atoms with van der Waals surface area (Å²) in [6.45, 7) is 5.21. The lowest BCUT2D eigenvalue weighted by atomic mass is 10.0. The summed E-state index contributed by atoms with van der Waals surface area (Å²) < 4.78 is 10.4. The minimum Gasteiger partial charge on any atom is -0.497 e. The minimum absolute atomic E-state index is 0.455. The highest BCUT2D eigenvalue weighted by Crippen LogP contribution is 2.13. The van der Waals surface area contributed by atoms with E-state index < -0.39 is 0 Å². The van der Waals surface area contributed by atoms with Crippen LogP contribution >= 0.6 is 0 Å². The average molecular weight is 265 g/mol. The monoisotopic (exact) mass is 265 g/mol. The first-order valence-corrected chi connectivity index (χ1v) is 7.07. The zero-order chi connectivity index (χ0) is 14.1. The standard InChI is InChI=1S/C16H27NO2/c1-5-15(12-18-3)17-13(2)6-7-14-8-10-16(19-4)11-9-14/h8-11,13,15,17H,5-7,12H2,1-4H3. The van der Waals surface area contributed by atoms with Crippen molar-refractivity contribution in [3.63, 3.8) is 0 Å². The molecule has 2 atom stereocenters. The third-order valence-electron chi connectivity index (χ3n) is 3.41. The van der Waals surface area contributed by atoms with Crippen LogP contribution in [0.1, 0.15) is 32.3 Å². The van der Waals surface area contributed by atoms with Crippen molar-refractivity contribution >= 4 is 0 Å². The number of ether oxygens (including phenoxy) is 2. The molecule has 1 N–H and O–H groups in total. The third kappa shape index (κ3) is 6.08. The lowest BCUT2D eigenvalue weighted by molar-refractivity contribution is 0.158. The maximum Gasteiger partial charge on any atom is 0.118 e. The van der Waals surface area contributed by atoms with Crippen LogP contribution in [0.2, 0.25) is 0 Å². The van der Waals surface area contributed by atoms with Gasteiger partial charge in [-0.15, -0.1) is 0 Å². The molecule has 0 bridgehead atoms. The summed E-state index contributed by atoms with van der Waals surface area (Å²) in [5.74, 6) is 0.918. The number of benzene rings is 1. The molecule has 0 fully saturated rings. The number of rotatable bonds is 9. The van der Waals surface area contributed by atoms with Gasteiger partial charge in [-0.05, 0) is 43.9 Å². The van der Waals surface area contributed by atoms with Crippen LogP contribution in [0.25, 0.3) is 0 Å². The van der Waals surface area contributed by atoms with E-state index in [4.69, 9.17) is 9.47 Å². The van der Waals surface area contributed by atoms with Gasteiger partial charge in [-0.1, -0.05) is 19.1 Å². The molecule has 3 nitrogen and oxygen atoms in total. The van der Waals surface area contributed by atoms with Gasteiger partial charge in [0.25, 0.3) is 0 Å². The van der Waals surface area contributed by atoms with E-state index >= 15 is 0 Å². The molecule has 0 radical (unpaired) electrons. The Morgan fingerprint density at radius 3 is 2.37 bits per heavy atom. The molecule has 0 spiro atoms. The summed E-state index contributed by atoms with van der Waals surface area (Å²) in [5.41, 5.74) is 1.36. The molecular weight excluding hydrogens is 238 g/mol. The second-order valence-corrected chi connectivity index (χ2v) is 5.01. The highest BCUT2D eigenvalue weighted by atomic mass is 16.5. The van der Waals surface area contributed by atoms with Crippen molar-refractivity contribution in [1.29, 1.82) is 0 Å². The van der Waals surface area contributed by atoms with Crippen molar-refractivity contribution in [3.8, 4) is 5.75 Å². The molecule has 1 aromatic carbocycles. The largest absolute Gasteiger partial charge is 0.497 e. The van der Waals surface area contributed by atoms with Gasteiger partial charge in [-0.2, -0.15) is 0 Å². The molecule has 0 aromatic heterocycles. The molecule has 2 unspecified atom stereocenters. The summed E-state index contributed by atoms with van der Waals surface area (Å²) in [6, 6.07) is 9.27. The van der Waals surface area contributed by atoms with Gasteiger partial charge in [-0.25, -0.2) is 0 Å². The predicted octanol–water partition coefficient (Wildman–Crippen LogP) is 3.03. The van der Waals surface area contributed by atoms with Crippen LogP contribution in [0, 0.1) is 0 Å². The summed E-state index contributed by atoms with van der Waals surface area (Å²) in [6.07, 6.45) is 3.31. The van der Waals surface area contributed by atoms with Crippen LogP contribution in [0.15, 0.2) is 24.3 Å². The number of aryl methyl sites for hydroxylation is 1. The maximum atomic E-state index is 5.21. The van der Waals surface area contributed by atoms with E-state index in [1.165, 1.54) is 5.56 Å². The van der Waals surface area contributed by atoms with Crippen molar-refractivity contribution in [1.82, 2.24) is 5.32 Å². The van der Waals surface area contributed by atoms with Crippen LogP contribution in [-0.2, 0) is 11.2 Å². The van der Waals surface area contributed by atoms with Crippen molar-refractivity contribution < 1.29 is 9.47 Å². The molecule has 0 saturated heterocycles.